The molecule has 5 nitrogen and oxygen atoms in total. The fourth-order valence-corrected chi connectivity index (χ4v) is 1.96. The molecule has 0 bridgehead atoms. The summed E-state index contributed by atoms with van der Waals surface area (Å²) in [6.45, 7) is 2.14. The predicted octanol–water partition coefficient (Wildman–Crippen LogP) is 1.41. The Labute approximate surface area is 86.9 Å². The summed E-state index contributed by atoms with van der Waals surface area (Å²) in [4.78, 5) is 6.64. The third-order valence-electron chi connectivity index (χ3n) is 2.78. The smallest absolute Gasteiger partial charge is 0.261 e. The first kappa shape index (κ1) is 8.52. The maximum atomic E-state index is 5.62. The summed E-state index contributed by atoms with van der Waals surface area (Å²) in [6, 6.07) is 3.89. The summed E-state index contributed by atoms with van der Waals surface area (Å²) >= 11 is 0. The number of rotatable bonds is 1. The van der Waals surface area contributed by atoms with Gasteiger partial charge in [-0.05, 0) is 25.0 Å². The van der Waals surface area contributed by atoms with Crippen molar-refractivity contribution in [2.24, 2.45) is 0 Å². The van der Waals surface area contributed by atoms with Crippen molar-refractivity contribution in [3.05, 3.63) is 12.1 Å². The molecular formula is C10H12N4O. The van der Waals surface area contributed by atoms with Gasteiger partial charge in [0.1, 0.15) is 5.82 Å². The molecule has 2 N–H and O–H groups in total. The second-order valence-corrected chi connectivity index (χ2v) is 3.78. The highest BCUT2D eigenvalue weighted by Gasteiger charge is 2.15. The number of nitrogens with zero attached hydrogens (tertiary/aromatic N) is 3. The molecule has 2 aromatic heterocycles. The van der Waals surface area contributed by atoms with Gasteiger partial charge in [-0.25, -0.2) is 0 Å². The average molecular weight is 204 g/mol. The van der Waals surface area contributed by atoms with Gasteiger partial charge in [-0.1, -0.05) is 5.16 Å². The molecule has 5 heteroatoms. The van der Waals surface area contributed by atoms with Crippen molar-refractivity contribution in [2.75, 3.05) is 23.7 Å². The molecule has 0 saturated carbocycles. The van der Waals surface area contributed by atoms with E-state index in [9.17, 15) is 0 Å². The van der Waals surface area contributed by atoms with Gasteiger partial charge in [0.2, 0.25) is 0 Å². The van der Waals surface area contributed by atoms with E-state index in [1.54, 1.807) is 0 Å². The van der Waals surface area contributed by atoms with Gasteiger partial charge in [0, 0.05) is 13.1 Å². The fourth-order valence-electron chi connectivity index (χ4n) is 1.96. The fraction of sp³-hybridized carbons (Fsp3) is 0.400. The van der Waals surface area contributed by atoms with Crippen LogP contribution in [0.1, 0.15) is 12.8 Å². The topological polar surface area (TPSA) is 68.2 Å². The van der Waals surface area contributed by atoms with Crippen molar-refractivity contribution < 1.29 is 4.52 Å². The molecule has 1 aliphatic heterocycles. The van der Waals surface area contributed by atoms with Crippen LogP contribution < -0.4 is 10.6 Å². The minimum absolute atomic E-state index is 0.408. The number of nitrogen functional groups attached to an aromatic ring is 1. The van der Waals surface area contributed by atoms with Gasteiger partial charge in [-0.2, -0.15) is 4.98 Å². The number of fused-ring (bicyclic) bond motifs is 1. The molecule has 2 aromatic rings. The minimum atomic E-state index is 0.408. The maximum absolute atomic E-state index is 5.62. The van der Waals surface area contributed by atoms with Gasteiger partial charge in [-0.3, -0.25) is 0 Å². The van der Waals surface area contributed by atoms with Crippen molar-refractivity contribution in [1.29, 1.82) is 0 Å². The molecule has 0 aliphatic carbocycles. The summed E-state index contributed by atoms with van der Waals surface area (Å²) in [5.41, 5.74) is 6.15. The van der Waals surface area contributed by atoms with Gasteiger partial charge >= 0.3 is 0 Å². The molecule has 0 unspecified atom stereocenters. The van der Waals surface area contributed by atoms with Crippen LogP contribution in [-0.2, 0) is 0 Å². The number of hydrogen-bond acceptors (Lipinski definition) is 5. The number of nitrogens with two attached hydrogens (primary N) is 1. The Morgan fingerprint density at radius 2 is 2.07 bits per heavy atom. The first-order valence-corrected chi connectivity index (χ1v) is 5.11. The first-order chi connectivity index (χ1) is 7.34. The minimum Gasteiger partial charge on any atom is -0.380 e. The number of anilines is 2. The Kier molecular flexibility index (Phi) is 1.77. The van der Waals surface area contributed by atoms with Crippen LogP contribution in [-0.4, -0.2) is 23.2 Å². The Morgan fingerprint density at radius 1 is 1.27 bits per heavy atom. The summed E-state index contributed by atoms with van der Waals surface area (Å²) in [5.74, 6) is 1.36. The second kappa shape index (κ2) is 3.12. The molecule has 0 amide bonds. The van der Waals surface area contributed by atoms with E-state index in [2.05, 4.69) is 15.0 Å². The summed E-state index contributed by atoms with van der Waals surface area (Å²) in [5, 5.41) is 4.47. The summed E-state index contributed by atoms with van der Waals surface area (Å²) in [7, 11) is 0. The zero-order chi connectivity index (χ0) is 10.3. The highest BCUT2D eigenvalue weighted by Crippen LogP contribution is 2.24. The quantitative estimate of drug-likeness (QED) is 0.760. The highest BCUT2D eigenvalue weighted by molar-refractivity contribution is 5.85. The average Bonchev–Trinajstić information content (AvgIpc) is 2.88. The molecule has 0 radical (unpaired) electrons. The predicted molar refractivity (Wildman–Crippen MR) is 57.7 cm³/mol. The number of aromatic nitrogens is 2. The maximum Gasteiger partial charge on any atom is 0.261 e. The largest absolute Gasteiger partial charge is 0.380 e. The monoisotopic (exact) mass is 204 g/mol. The Bertz CT molecular complexity index is 487. The van der Waals surface area contributed by atoms with Crippen LogP contribution in [0.5, 0.6) is 0 Å². The molecular weight excluding hydrogens is 192 g/mol. The van der Waals surface area contributed by atoms with E-state index in [1.807, 2.05) is 12.1 Å². The van der Waals surface area contributed by atoms with E-state index in [0.717, 1.165) is 24.3 Å². The Morgan fingerprint density at radius 3 is 2.87 bits per heavy atom. The van der Waals surface area contributed by atoms with Crippen LogP contribution >= 0.6 is 0 Å². The van der Waals surface area contributed by atoms with Crippen LogP contribution in [0.2, 0.25) is 0 Å². The van der Waals surface area contributed by atoms with Gasteiger partial charge in [-0.15, -0.1) is 0 Å². The number of hydrogen-bond donors (Lipinski definition) is 1. The van der Waals surface area contributed by atoms with Crippen LogP contribution in [0.4, 0.5) is 11.6 Å². The van der Waals surface area contributed by atoms with Gasteiger partial charge in [0.15, 0.2) is 5.82 Å². The lowest BCUT2D eigenvalue weighted by Gasteiger charge is -2.15. The van der Waals surface area contributed by atoms with Crippen molar-refractivity contribution in [2.45, 2.75) is 12.8 Å². The van der Waals surface area contributed by atoms with E-state index in [4.69, 9.17) is 10.3 Å². The van der Waals surface area contributed by atoms with Crippen LogP contribution in [0, 0.1) is 0 Å². The van der Waals surface area contributed by atoms with E-state index in [1.165, 1.54) is 12.8 Å². The first-order valence-electron chi connectivity index (χ1n) is 5.11. The third kappa shape index (κ3) is 1.31. The van der Waals surface area contributed by atoms with Crippen LogP contribution in [0.25, 0.3) is 11.1 Å². The highest BCUT2D eigenvalue weighted by atomic mass is 16.5. The lowest BCUT2D eigenvalue weighted by atomic mass is 10.3. The molecule has 1 fully saturated rings. The Balaban J connectivity index is 2.05. The molecule has 0 spiro atoms. The Hall–Kier alpha value is -1.78. The molecule has 1 saturated heterocycles. The second-order valence-electron chi connectivity index (χ2n) is 3.78. The molecule has 1 aliphatic rings. The molecule has 3 heterocycles. The molecule has 3 rings (SSSR count). The van der Waals surface area contributed by atoms with Crippen LogP contribution in [0.3, 0.4) is 0 Å². The van der Waals surface area contributed by atoms with Crippen molar-refractivity contribution in [3.8, 4) is 0 Å². The zero-order valence-corrected chi connectivity index (χ0v) is 8.31. The lowest BCUT2D eigenvalue weighted by molar-refractivity contribution is 0.452. The van der Waals surface area contributed by atoms with E-state index in [0.29, 0.717) is 11.5 Å². The zero-order valence-electron chi connectivity index (χ0n) is 8.31. The summed E-state index contributed by atoms with van der Waals surface area (Å²) in [6.07, 6.45) is 2.47. The standard InChI is InChI=1S/C10H12N4O/c11-9-7-3-4-8(12-10(7)15-13-9)14-5-1-2-6-14/h3-4H,1-2,5-6H2,(H2,11,13). The third-order valence-corrected chi connectivity index (χ3v) is 2.78. The molecule has 0 aromatic carbocycles. The SMILES string of the molecule is Nc1noc2nc(N3CCCC3)ccc12. The lowest BCUT2D eigenvalue weighted by Crippen LogP contribution is -2.18. The molecule has 0 atom stereocenters. The molecule has 78 valence electrons. The van der Waals surface area contributed by atoms with E-state index in [-0.39, 0.29) is 0 Å². The van der Waals surface area contributed by atoms with Crippen molar-refractivity contribution in [3.63, 3.8) is 0 Å². The van der Waals surface area contributed by atoms with Gasteiger partial charge < -0.3 is 15.2 Å². The summed E-state index contributed by atoms with van der Waals surface area (Å²) < 4.78 is 5.04. The van der Waals surface area contributed by atoms with Crippen LogP contribution in [0.15, 0.2) is 16.7 Å². The molecule has 15 heavy (non-hydrogen) atoms. The van der Waals surface area contributed by atoms with Gasteiger partial charge in [0.25, 0.3) is 5.71 Å². The van der Waals surface area contributed by atoms with Gasteiger partial charge in [0.05, 0.1) is 5.39 Å². The van der Waals surface area contributed by atoms with Crippen molar-refractivity contribution in [1.82, 2.24) is 10.1 Å². The van der Waals surface area contributed by atoms with E-state index >= 15 is 0 Å². The van der Waals surface area contributed by atoms with E-state index < -0.39 is 0 Å². The van der Waals surface area contributed by atoms with Crippen molar-refractivity contribution >= 4 is 22.7 Å². The number of pyridine rings is 1. The normalized spacial score (nSPS) is 16.4.